The number of hydrogen-bond donors (Lipinski definition) is 1. The predicted octanol–water partition coefficient (Wildman–Crippen LogP) is 2.34. The molecule has 0 atom stereocenters. The molecule has 8 heteroatoms. The molecule has 152 valence electrons. The first kappa shape index (κ1) is 20.2. The first-order valence-corrected chi connectivity index (χ1v) is 9.15. The van der Waals surface area contributed by atoms with Gasteiger partial charge < -0.3 is 19.7 Å². The standard InChI is InChI=1S/C21H25N5O3/c1-25(2)17-8-6-16(7-9-17)18-13-26(24-23-18)14-21(27)22-12-15-5-10-19(28-3)20(11-15)29-4/h5-11,13H,12,14H2,1-4H3,(H,22,27). The van der Waals surface area contributed by atoms with Gasteiger partial charge in [-0.1, -0.05) is 23.4 Å². The average molecular weight is 395 g/mol. The van der Waals surface area contributed by atoms with Crippen molar-refractivity contribution in [2.45, 2.75) is 13.1 Å². The summed E-state index contributed by atoms with van der Waals surface area (Å²) < 4.78 is 12.0. The van der Waals surface area contributed by atoms with Crippen LogP contribution in [-0.4, -0.2) is 49.2 Å². The van der Waals surface area contributed by atoms with Crippen molar-refractivity contribution in [1.82, 2.24) is 20.3 Å². The number of aromatic nitrogens is 3. The van der Waals surface area contributed by atoms with E-state index in [0.29, 0.717) is 18.0 Å². The minimum Gasteiger partial charge on any atom is -0.493 e. The molecule has 0 spiro atoms. The van der Waals surface area contributed by atoms with Gasteiger partial charge in [-0.05, 0) is 29.8 Å². The fourth-order valence-corrected chi connectivity index (χ4v) is 2.83. The zero-order valence-corrected chi connectivity index (χ0v) is 17.0. The Labute approximate surface area is 170 Å². The molecule has 1 amide bonds. The summed E-state index contributed by atoms with van der Waals surface area (Å²) in [7, 11) is 7.15. The molecule has 29 heavy (non-hydrogen) atoms. The molecule has 0 saturated heterocycles. The van der Waals surface area contributed by atoms with Gasteiger partial charge in [-0.2, -0.15) is 0 Å². The predicted molar refractivity (Wildman–Crippen MR) is 111 cm³/mol. The molecule has 1 N–H and O–H groups in total. The Morgan fingerprint density at radius 2 is 1.79 bits per heavy atom. The van der Waals surface area contributed by atoms with Crippen molar-refractivity contribution in [1.29, 1.82) is 0 Å². The quantitative estimate of drug-likeness (QED) is 0.631. The highest BCUT2D eigenvalue weighted by molar-refractivity contribution is 5.75. The van der Waals surface area contributed by atoms with E-state index in [9.17, 15) is 4.79 Å². The van der Waals surface area contributed by atoms with Crippen LogP contribution in [0.3, 0.4) is 0 Å². The molecule has 0 unspecified atom stereocenters. The van der Waals surface area contributed by atoms with Crippen molar-refractivity contribution in [2.24, 2.45) is 0 Å². The molecule has 0 aliphatic heterocycles. The second kappa shape index (κ2) is 9.09. The fraction of sp³-hybridized carbons (Fsp3) is 0.286. The molecular weight excluding hydrogens is 370 g/mol. The Morgan fingerprint density at radius 1 is 1.07 bits per heavy atom. The summed E-state index contributed by atoms with van der Waals surface area (Å²) >= 11 is 0. The van der Waals surface area contributed by atoms with E-state index in [0.717, 1.165) is 22.5 Å². The smallest absolute Gasteiger partial charge is 0.242 e. The molecule has 0 aliphatic carbocycles. The Kier molecular flexibility index (Phi) is 6.33. The molecule has 2 aromatic carbocycles. The minimum atomic E-state index is -0.154. The van der Waals surface area contributed by atoms with E-state index in [4.69, 9.17) is 9.47 Å². The van der Waals surface area contributed by atoms with Crippen LogP contribution in [0.15, 0.2) is 48.7 Å². The minimum absolute atomic E-state index is 0.0933. The largest absolute Gasteiger partial charge is 0.493 e. The van der Waals surface area contributed by atoms with Crippen LogP contribution in [0.4, 0.5) is 5.69 Å². The van der Waals surface area contributed by atoms with Crippen LogP contribution in [0.1, 0.15) is 5.56 Å². The van der Waals surface area contributed by atoms with Crippen LogP contribution < -0.4 is 19.7 Å². The summed E-state index contributed by atoms with van der Waals surface area (Å²) in [4.78, 5) is 14.3. The molecule has 1 aromatic heterocycles. The van der Waals surface area contributed by atoms with Crippen molar-refractivity contribution in [3.8, 4) is 22.8 Å². The molecule has 3 aromatic rings. The molecular formula is C21H25N5O3. The van der Waals surface area contributed by atoms with Gasteiger partial charge in [0.2, 0.25) is 5.91 Å². The highest BCUT2D eigenvalue weighted by Gasteiger charge is 2.09. The second-order valence-electron chi connectivity index (χ2n) is 6.71. The molecule has 3 rings (SSSR count). The SMILES string of the molecule is COc1ccc(CNC(=O)Cn2cc(-c3ccc(N(C)C)cc3)nn2)cc1OC. The van der Waals surface area contributed by atoms with Crippen LogP contribution in [0.25, 0.3) is 11.3 Å². The van der Waals surface area contributed by atoms with Crippen LogP contribution in [0.2, 0.25) is 0 Å². The lowest BCUT2D eigenvalue weighted by Crippen LogP contribution is -2.27. The van der Waals surface area contributed by atoms with Gasteiger partial charge in [0.15, 0.2) is 11.5 Å². The number of ether oxygens (including phenoxy) is 2. The van der Waals surface area contributed by atoms with Crippen molar-refractivity contribution in [3.05, 3.63) is 54.2 Å². The topological polar surface area (TPSA) is 81.5 Å². The lowest BCUT2D eigenvalue weighted by atomic mass is 10.1. The molecule has 8 nitrogen and oxygen atoms in total. The maximum absolute atomic E-state index is 12.3. The van der Waals surface area contributed by atoms with Crippen molar-refractivity contribution >= 4 is 11.6 Å². The van der Waals surface area contributed by atoms with Crippen molar-refractivity contribution < 1.29 is 14.3 Å². The van der Waals surface area contributed by atoms with Gasteiger partial charge in [0.05, 0.1) is 20.4 Å². The summed E-state index contributed by atoms with van der Waals surface area (Å²) in [5.41, 5.74) is 3.70. The van der Waals surface area contributed by atoms with E-state index in [-0.39, 0.29) is 12.5 Å². The first-order valence-electron chi connectivity index (χ1n) is 9.15. The Balaban J connectivity index is 1.57. The number of hydrogen-bond acceptors (Lipinski definition) is 6. The average Bonchev–Trinajstić information content (AvgIpc) is 3.20. The summed E-state index contributed by atoms with van der Waals surface area (Å²) in [6.45, 7) is 0.475. The zero-order chi connectivity index (χ0) is 20.8. The highest BCUT2D eigenvalue weighted by atomic mass is 16.5. The van der Waals surface area contributed by atoms with Crippen molar-refractivity contribution in [2.75, 3.05) is 33.2 Å². The summed E-state index contributed by atoms with van der Waals surface area (Å²) in [6, 6.07) is 13.5. The van der Waals surface area contributed by atoms with Gasteiger partial charge in [-0.25, -0.2) is 4.68 Å². The maximum Gasteiger partial charge on any atom is 0.242 e. The van der Waals surface area contributed by atoms with Crippen LogP contribution >= 0.6 is 0 Å². The number of anilines is 1. The lowest BCUT2D eigenvalue weighted by Gasteiger charge is -2.11. The molecule has 0 aliphatic rings. The number of nitrogens with one attached hydrogen (secondary N) is 1. The monoisotopic (exact) mass is 395 g/mol. The number of benzene rings is 2. The molecule has 1 heterocycles. The number of amides is 1. The summed E-state index contributed by atoms with van der Waals surface area (Å²) in [6.07, 6.45) is 1.76. The van der Waals surface area contributed by atoms with E-state index < -0.39 is 0 Å². The van der Waals surface area contributed by atoms with Gasteiger partial charge in [0, 0.05) is 31.9 Å². The van der Waals surface area contributed by atoms with E-state index in [2.05, 4.69) is 15.6 Å². The van der Waals surface area contributed by atoms with E-state index in [1.54, 1.807) is 20.4 Å². The van der Waals surface area contributed by atoms with Crippen LogP contribution in [0, 0.1) is 0 Å². The Bertz CT molecular complexity index is 967. The van der Waals surface area contributed by atoms with Gasteiger partial charge in [-0.3, -0.25) is 4.79 Å². The number of rotatable bonds is 8. The maximum atomic E-state index is 12.3. The van der Waals surface area contributed by atoms with Gasteiger partial charge in [0.25, 0.3) is 0 Å². The Morgan fingerprint density at radius 3 is 2.45 bits per heavy atom. The second-order valence-corrected chi connectivity index (χ2v) is 6.71. The van der Waals surface area contributed by atoms with Gasteiger partial charge in [-0.15, -0.1) is 5.10 Å². The van der Waals surface area contributed by atoms with Gasteiger partial charge >= 0.3 is 0 Å². The number of nitrogens with zero attached hydrogens (tertiary/aromatic N) is 4. The molecule has 0 bridgehead atoms. The van der Waals surface area contributed by atoms with Crippen molar-refractivity contribution in [3.63, 3.8) is 0 Å². The van der Waals surface area contributed by atoms with Crippen LogP contribution in [0.5, 0.6) is 11.5 Å². The van der Waals surface area contributed by atoms with Crippen LogP contribution in [-0.2, 0) is 17.9 Å². The third-order valence-corrected chi connectivity index (χ3v) is 4.46. The van der Waals surface area contributed by atoms with E-state index in [1.165, 1.54) is 4.68 Å². The summed E-state index contributed by atoms with van der Waals surface area (Å²) in [5, 5.41) is 11.1. The fourth-order valence-electron chi connectivity index (χ4n) is 2.83. The number of carbonyl (C=O) groups excluding carboxylic acids is 1. The van der Waals surface area contributed by atoms with E-state index >= 15 is 0 Å². The first-order chi connectivity index (χ1) is 14.0. The number of carbonyl (C=O) groups is 1. The zero-order valence-electron chi connectivity index (χ0n) is 17.0. The third kappa shape index (κ3) is 5.04. The molecule has 0 fully saturated rings. The lowest BCUT2D eigenvalue weighted by molar-refractivity contribution is -0.122. The van der Waals surface area contributed by atoms with Gasteiger partial charge in [0.1, 0.15) is 12.2 Å². The van der Waals surface area contributed by atoms with E-state index in [1.807, 2.05) is 61.5 Å². The summed E-state index contributed by atoms with van der Waals surface area (Å²) in [5.74, 6) is 1.12. The normalized spacial score (nSPS) is 10.5. The Hall–Kier alpha value is -3.55. The molecule has 0 radical (unpaired) electrons. The molecule has 0 saturated carbocycles. The third-order valence-electron chi connectivity index (χ3n) is 4.46. The highest BCUT2D eigenvalue weighted by Crippen LogP contribution is 2.27. The number of methoxy groups -OCH3 is 2.